The smallest absolute Gasteiger partial charge is 0.334 e. The fraction of sp³-hybridized carbons (Fsp3) is 0.167. The van der Waals surface area contributed by atoms with Gasteiger partial charge in [-0.05, 0) is 30.7 Å². The van der Waals surface area contributed by atoms with Gasteiger partial charge in [0.25, 0.3) is 0 Å². The summed E-state index contributed by atoms with van der Waals surface area (Å²) < 4.78 is 5.24. The standard InChI is InChI=1S/C18H15ClN2O3S/c1-12-18(21(22)23)16(24-20-12)11-17(14-9-5-6-10-15(14)19)25-13-7-3-2-4-8-13/h2-10,17H,11H2,1H3/t17-/m0/s1. The molecule has 25 heavy (non-hydrogen) atoms. The summed E-state index contributed by atoms with van der Waals surface area (Å²) in [5, 5.41) is 15.6. The molecule has 0 aliphatic carbocycles. The van der Waals surface area contributed by atoms with Crippen molar-refractivity contribution in [3.8, 4) is 0 Å². The molecule has 0 fully saturated rings. The Morgan fingerprint density at radius 1 is 1.20 bits per heavy atom. The Labute approximate surface area is 154 Å². The lowest BCUT2D eigenvalue weighted by Gasteiger charge is -2.17. The van der Waals surface area contributed by atoms with Gasteiger partial charge < -0.3 is 4.52 Å². The first-order valence-corrected chi connectivity index (χ1v) is 8.87. The SMILES string of the molecule is Cc1noc(C[C@H](Sc2ccccc2)c2ccccc2Cl)c1[N+](=O)[O-]. The van der Waals surface area contributed by atoms with Crippen molar-refractivity contribution in [2.45, 2.75) is 23.5 Å². The first-order valence-electron chi connectivity index (χ1n) is 7.62. The molecule has 0 saturated heterocycles. The zero-order chi connectivity index (χ0) is 17.8. The third kappa shape index (κ3) is 4.03. The zero-order valence-corrected chi connectivity index (χ0v) is 15.0. The Morgan fingerprint density at radius 3 is 2.56 bits per heavy atom. The van der Waals surface area contributed by atoms with Crippen LogP contribution in [0.15, 0.2) is 64.0 Å². The quantitative estimate of drug-likeness (QED) is 0.318. The first-order chi connectivity index (χ1) is 12.1. The van der Waals surface area contributed by atoms with Gasteiger partial charge in [-0.25, -0.2) is 0 Å². The van der Waals surface area contributed by atoms with E-state index >= 15 is 0 Å². The van der Waals surface area contributed by atoms with Crippen LogP contribution in [0.2, 0.25) is 5.02 Å². The maximum absolute atomic E-state index is 11.3. The molecule has 5 nitrogen and oxygen atoms in total. The molecule has 0 amide bonds. The van der Waals surface area contributed by atoms with Crippen LogP contribution in [-0.2, 0) is 6.42 Å². The second-order valence-corrected chi connectivity index (χ2v) is 7.13. The number of thioether (sulfide) groups is 1. The van der Waals surface area contributed by atoms with Gasteiger partial charge in [-0.15, -0.1) is 11.8 Å². The van der Waals surface area contributed by atoms with Gasteiger partial charge in [0.1, 0.15) is 0 Å². The highest BCUT2D eigenvalue weighted by atomic mass is 35.5. The normalized spacial score (nSPS) is 12.1. The van der Waals surface area contributed by atoms with E-state index in [2.05, 4.69) is 5.16 Å². The summed E-state index contributed by atoms with van der Waals surface area (Å²) in [5.41, 5.74) is 1.12. The van der Waals surface area contributed by atoms with E-state index in [4.69, 9.17) is 16.1 Å². The second-order valence-electron chi connectivity index (χ2n) is 5.44. The summed E-state index contributed by atoms with van der Waals surface area (Å²) in [6, 6.07) is 17.3. The van der Waals surface area contributed by atoms with E-state index in [1.807, 2.05) is 54.6 Å². The number of nitro groups is 1. The average Bonchev–Trinajstić information content (AvgIpc) is 2.96. The van der Waals surface area contributed by atoms with E-state index in [1.165, 1.54) is 0 Å². The molecule has 2 aromatic carbocycles. The number of hydrogen-bond acceptors (Lipinski definition) is 5. The number of aryl methyl sites for hydroxylation is 1. The Morgan fingerprint density at radius 2 is 1.88 bits per heavy atom. The fourth-order valence-electron chi connectivity index (χ4n) is 2.56. The molecule has 0 saturated carbocycles. The highest BCUT2D eigenvalue weighted by Crippen LogP contribution is 2.42. The molecule has 1 atom stereocenters. The Kier molecular flexibility index (Phi) is 5.40. The molecule has 0 aliphatic heterocycles. The number of nitrogens with zero attached hydrogens (tertiary/aromatic N) is 2. The van der Waals surface area contributed by atoms with Gasteiger partial charge in [0.05, 0.1) is 4.92 Å². The van der Waals surface area contributed by atoms with E-state index in [1.54, 1.807) is 18.7 Å². The maximum atomic E-state index is 11.3. The number of halogens is 1. The highest BCUT2D eigenvalue weighted by Gasteiger charge is 2.28. The van der Waals surface area contributed by atoms with Gasteiger partial charge >= 0.3 is 5.69 Å². The van der Waals surface area contributed by atoms with Crippen LogP contribution in [0, 0.1) is 17.0 Å². The molecule has 0 unspecified atom stereocenters. The maximum Gasteiger partial charge on any atom is 0.334 e. The lowest BCUT2D eigenvalue weighted by molar-refractivity contribution is -0.386. The van der Waals surface area contributed by atoms with E-state index in [0.717, 1.165) is 10.5 Å². The van der Waals surface area contributed by atoms with Gasteiger partial charge in [-0.2, -0.15) is 0 Å². The predicted molar refractivity (Wildman–Crippen MR) is 98.1 cm³/mol. The Bertz CT molecular complexity index is 883. The van der Waals surface area contributed by atoms with Crippen molar-refractivity contribution in [3.63, 3.8) is 0 Å². The average molecular weight is 375 g/mol. The molecule has 1 heterocycles. The van der Waals surface area contributed by atoms with Crippen molar-refractivity contribution in [2.75, 3.05) is 0 Å². The molecule has 0 bridgehead atoms. The monoisotopic (exact) mass is 374 g/mol. The zero-order valence-electron chi connectivity index (χ0n) is 13.4. The molecular formula is C18H15ClN2O3S. The Hall–Kier alpha value is -2.31. The topological polar surface area (TPSA) is 69.2 Å². The van der Waals surface area contributed by atoms with Crippen LogP contribution in [0.5, 0.6) is 0 Å². The van der Waals surface area contributed by atoms with Crippen LogP contribution in [0.3, 0.4) is 0 Å². The lowest BCUT2D eigenvalue weighted by atomic mass is 10.1. The van der Waals surface area contributed by atoms with Crippen molar-refractivity contribution < 1.29 is 9.45 Å². The molecule has 1 aromatic heterocycles. The minimum Gasteiger partial charge on any atom is -0.354 e. The van der Waals surface area contributed by atoms with Crippen molar-refractivity contribution in [1.82, 2.24) is 5.16 Å². The molecule has 0 N–H and O–H groups in total. The molecule has 0 aliphatic rings. The van der Waals surface area contributed by atoms with Crippen LogP contribution in [0.4, 0.5) is 5.69 Å². The molecule has 128 valence electrons. The predicted octanol–water partition coefficient (Wildman–Crippen LogP) is 5.62. The van der Waals surface area contributed by atoms with Gasteiger partial charge in [0.2, 0.25) is 5.76 Å². The van der Waals surface area contributed by atoms with Gasteiger partial charge in [-0.1, -0.05) is 53.2 Å². The van der Waals surface area contributed by atoms with Crippen LogP contribution >= 0.6 is 23.4 Å². The number of aromatic nitrogens is 1. The molecule has 3 aromatic rings. The van der Waals surface area contributed by atoms with Gasteiger partial charge in [0, 0.05) is 21.6 Å². The molecule has 0 radical (unpaired) electrons. The highest BCUT2D eigenvalue weighted by molar-refractivity contribution is 7.99. The number of rotatable bonds is 6. The van der Waals surface area contributed by atoms with Crippen molar-refractivity contribution in [1.29, 1.82) is 0 Å². The van der Waals surface area contributed by atoms with Crippen LogP contribution < -0.4 is 0 Å². The van der Waals surface area contributed by atoms with Crippen molar-refractivity contribution >= 4 is 29.1 Å². The summed E-state index contributed by atoms with van der Waals surface area (Å²) in [5.74, 6) is 0.260. The van der Waals surface area contributed by atoms with Gasteiger partial charge in [0.15, 0.2) is 5.69 Å². The molecule has 3 rings (SSSR count). The van der Waals surface area contributed by atoms with Crippen LogP contribution in [-0.4, -0.2) is 10.1 Å². The minimum absolute atomic E-state index is 0.0642. The second kappa shape index (κ2) is 7.72. The van der Waals surface area contributed by atoms with Gasteiger partial charge in [-0.3, -0.25) is 10.1 Å². The van der Waals surface area contributed by atoms with Crippen molar-refractivity contribution in [3.05, 3.63) is 86.8 Å². The lowest BCUT2D eigenvalue weighted by Crippen LogP contribution is -2.02. The van der Waals surface area contributed by atoms with E-state index < -0.39 is 4.92 Å². The number of benzene rings is 2. The summed E-state index contributed by atoms with van der Waals surface area (Å²) in [6.45, 7) is 1.57. The summed E-state index contributed by atoms with van der Waals surface area (Å²) >= 11 is 7.95. The number of hydrogen-bond donors (Lipinski definition) is 0. The molecule has 0 spiro atoms. The fourth-order valence-corrected chi connectivity index (χ4v) is 4.10. The largest absolute Gasteiger partial charge is 0.354 e. The summed E-state index contributed by atoms with van der Waals surface area (Å²) in [7, 11) is 0. The summed E-state index contributed by atoms with van der Waals surface area (Å²) in [4.78, 5) is 11.9. The van der Waals surface area contributed by atoms with E-state index in [0.29, 0.717) is 11.4 Å². The van der Waals surface area contributed by atoms with Crippen LogP contribution in [0.25, 0.3) is 0 Å². The minimum atomic E-state index is -0.446. The third-order valence-electron chi connectivity index (χ3n) is 3.73. The molecular weight excluding hydrogens is 360 g/mol. The third-order valence-corrected chi connectivity index (χ3v) is 5.32. The van der Waals surface area contributed by atoms with Crippen molar-refractivity contribution in [2.24, 2.45) is 0 Å². The molecule has 7 heteroatoms. The first kappa shape index (κ1) is 17.5. The summed E-state index contributed by atoms with van der Waals surface area (Å²) in [6.07, 6.45) is 0.320. The van der Waals surface area contributed by atoms with Crippen LogP contribution in [0.1, 0.15) is 22.3 Å². The Balaban J connectivity index is 1.97. The van der Waals surface area contributed by atoms with E-state index in [-0.39, 0.29) is 22.4 Å². The van der Waals surface area contributed by atoms with E-state index in [9.17, 15) is 10.1 Å².